The van der Waals surface area contributed by atoms with Gasteiger partial charge in [0.05, 0.1) is 6.04 Å². The van der Waals surface area contributed by atoms with Gasteiger partial charge in [-0.25, -0.2) is 0 Å². The van der Waals surface area contributed by atoms with Crippen LogP contribution >= 0.6 is 0 Å². The van der Waals surface area contributed by atoms with E-state index in [-0.39, 0.29) is 11.8 Å². The van der Waals surface area contributed by atoms with E-state index in [0.717, 1.165) is 24.0 Å². The van der Waals surface area contributed by atoms with Gasteiger partial charge in [-0.3, -0.25) is 9.59 Å². The summed E-state index contributed by atoms with van der Waals surface area (Å²) in [6.07, 6.45) is 5.82. The summed E-state index contributed by atoms with van der Waals surface area (Å²) >= 11 is 0. The van der Waals surface area contributed by atoms with Crippen molar-refractivity contribution in [2.75, 3.05) is 0 Å². The zero-order valence-corrected chi connectivity index (χ0v) is 14.8. The Hall–Kier alpha value is -2.42. The molecule has 1 radical (unpaired) electrons. The lowest BCUT2D eigenvalue weighted by Gasteiger charge is -2.20. The standard InChI is InChI=1S/C22H26NO2/c1-2-3-14-21(17-24)23-22(25)20(15-18-10-6-4-7-11-18)16-19-12-8-5-9-13-19/h4-13,20-21H,2-3,14-16H2,1H3,(H,23,25)/t21-/m0/s1. The minimum absolute atomic E-state index is 0.0721. The zero-order chi connectivity index (χ0) is 17.9. The molecular weight excluding hydrogens is 310 g/mol. The summed E-state index contributed by atoms with van der Waals surface area (Å²) in [5.41, 5.74) is 2.25. The third kappa shape index (κ3) is 6.54. The Kier molecular flexibility index (Phi) is 7.90. The normalized spacial score (nSPS) is 11.9. The summed E-state index contributed by atoms with van der Waals surface area (Å²) in [7, 11) is 0. The van der Waals surface area contributed by atoms with Crippen molar-refractivity contribution in [1.82, 2.24) is 5.32 Å². The van der Waals surface area contributed by atoms with E-state index in [1.165, 1.54) is 0 Å². The molecule has 1 amide bonds. The van der Waals surface area contributed by atoms with Gasteiger partial charge in [-0.15, -0.1) is 0 Å². The van der Waals surface area contributed by atoms with Gasteiger partial charge in [-0.05, 0) is 30.4 Å². The van der Waals surface area contributed by atoms with Gasteiger partial charge in [-0.1, -0.05) is 80.4 Å². The van der Waals surface area contributed by atoms with Gasteiger partial charge >= 0.3 is 0 Å². The molecule has 0 unspecified atom stereocenters. The third-order valence-electron chi connectivity index (χ3n) is 4.33. The summed E-state index contributed by atoms with van der Waals surface area (Å²) in [6, 6.07) is 19.5. The van der Waals surface area contributed by atoms with Gasteiger partial charge in [0.1, 0.15) is 0 Å². The molecule has 0 saturated heterocycles. The van der Waals surface area contributed by atoms with Crippen LogP contribution in [0.4, 0.5) is 0 Å². The van der Waals surface area contributed by atoms with Gasteiger partial charge in [0, 0.05) is 5.92 Å². The van der Waals surface area contributed by atoms with Crippen LogP contribution in [0.25, 0.3) is 0 Å². The van der Waals surface area contributed by atoms with Crippen LogP contribution in [-0.4, -0.2) is 18.2 Å². The van der Waals surface area contributed by atoms with E-state index < -0.39 is 6.04 Å². The molecule has 3 nitrogen and oxygen atoms in total. The number of benzene rings is 2. The Bertz CT molecular complexity index is 598. The van der Waals surface area contributed by atoms with Gasteiger partial charge in [0.25, 0.3) is 0 Å². The Balaban J connectivity index is 2.09. The largest absolute Gasteiger partial charge is 0.346 e. The van der Waals surface area contributed by atoms with Crippen LogP contribution in [0.2, 0.25) is 0 Å². The Morgan fingerprint density at radius 1 is 0.960 bits per heavy atom. The van der Waals surface area contributed by atoms with Crippen LogP contribution < -0.4 is 5.32 Å². The lowest BCUT2D eigenvalue weighted by atomic mass is 9.91. The summed E-state index contributed by atoms with van der Waals surface area (Å²) in [5.74, 6) is -0.278. The number of amides is 1. The fourth-order valence-corrected chi connectivity index (χ4v) is 2.91. The van der Waals surface area contributed by atoms with Crippen molar-refractivity contribution in [1.29, 1.82) is 0 Å². The molecule has 0 spiro atoms. The molecule has 131 valence electrons. The maximum absolute atomic E-state index is 12.8. The highest BCUT2D eigenvalue weighted by Gasteiger charge is 2.22. The molecule has 0 aromatic heterocycles. The Morgan fingerprint density at radius 3 is 1.92 bits per heavy atom. The van der Waals surface area contributed by atoms with Crippen LogP contribution in [0.1, 0.15) is 37.3 Å². The van der Waals surface area contributed by atoms with Crippen molar-refractivity contribution in [3.63, 3.8) is 0 Å². The Morgan fingerprint density at radius 2 is 1.48 bits per heavy atom. The van der Waals surface area contributed by atoms with Gasteiger partial charge < -0.3 is 5.32 Å². The number of carbonyl (C=O) groups excluding carboxylic acids is 2. The lowest BCUT2D eigenvalue weighted by molar-refractivity contribution is -0.125. The number of hydrogen-bond acceptors (Lipinski definition) is 2. The fourth-order valence-electron chi connectivity index (χ4n) is 2.91. The Labute approximate surface area is 150 Å². The molecule has 0 fully saturated rings. The van der Waals surface area contributed by atoms with E-state index >= 15 is 0 Å². The predicted molar refractivity (Wildman–Crippen MR) is 101 cm³/mol. The molecule has 0 heterocycles. The number of nitrogens with one attached hydrogen (secondary N) is 1. The predicted octanol–water partition coefficient (Wildman–Crippen LogP) is 3.87. The summed E-state index contributed by atoms with van der Waals surface area (Å²) in [4.78, 5) is 23.9. The molecule has 2 aromatic rings. The van der Waals surface area contributed by atoms with E-state index in [4.69, 9.17) is 0 Å². The first kappa shape index (κ1) is 18.9. The van der Waals surface area contributed by atoms with Gasteiger partial charge in [0.15, 0.2) is 0 Å². The van der Waals surface area contributed by atoms with Crippen molar-refractivity contribution < 1.29 is 9.59 Å². The second-order valence-electron chi connectivity index (χ2n) is 6.40. The van der Waals surface area contributed by atoms with Crippen molar-refractivity contribution in [3.05, 3.63) is 71.8 Å². The molecule has 0 bridgehead atoms. The highest BCUT2D eigenvalue weighted by molar-refractivity contribution is 5.82. The average molecular weight is 336 g/mol. The molecular formula is C22H26NO2. The molecule has 25 heavy (non-hydrogen) atoms. The van der Waals surface area contributed by atoms with Crippen molar-refractivity contribution in [2.45, 2.75) is 45.1 Å². The minimum atomic E-state index is -0.513. The monoisotopic (exact) mass is 336 g/mol. The number of rotatable bonds is 10. The summed E-state index contributed by atoms with van der Waals surface area (Å²) < 4.78 is 0. The van der Waals surface area contributed by atoms with Crippen molar-refractivity contribution in [3.8, 4) is 0 Å². The second-order valence-corrected chi connectivity index (χ2v) is 6.40. The zero-order valence-electron chi connectivity index (χ0n) is 14.8. The number of unbranched alkanes of at least 4 members (excludes halogenated alkanes) is 1. The van der Waals surface area contributed by atoms with Crippen LogP contribution in [-0.2, 0) is 22.4 Å². The summed E-state index contributed by atoms with van der Waals surface area (Å²) in [5, 5.41) is 2.88. The van der Waals surface area contributed by atoms with Crippen molar-refractivity contribution in [2.24, 2.45) is 5.92 Å². The van der Waals surface area contributed by atoms with E-state index in [2.05, 4.69) is 12.2 Å². The topological polar surface area (TPSA) is 46.2 Å². The SMILES string of the molecule is CCCC[C@@H]([C]=O)NC(=O)C(Cc1ccccc1)Cc1ccccc1. The van der Waals surface area contributed by atoms with Crippen LogP contribution in [0, 0.1) is 5.92 Å². The van der Waals surface area contributed by atoms with Crippen molar-refractivity contribution >= 4 is 12.2 Å². The molecule has 0 aliphatic carbocycles. The molecule has 3 heteroatoms. The van der Waals surface area contributed by atoms with Crippen LogP contribution in [0.5, 0.6) is 0 Å². The molecule has 0 saturated carbocycles. The first-order valence-electron chi connectivity index (χ1n) is 8.98. The molecule has 2 rings (SSSR count). The quantitative estimate of drug-likeness (QED) is 0.716. The third-order valence-corrected chi connectivity index (χ3v) is 4.33. The highest BCUT2D eigenvalue weighted by Crippen LogP contribution is 2.16. The maximum atomic E-state index is 12.8. The number of carbonyl (C=O) groups is 1. The molecule has 1 N–H and O–H groups in total. The fraction of sp³-hybridized carbons (Fsp3) is 0.364. The second kappa shape index (κ2) is 10.4. The maximum Gasteiger partial charge on any atom is 0.224 e. The van der Waals surface area contributed by atoms with E-state index in [1.54, 1.807) is 0 Å². The van der Waals surface area contributed by atoms with Gasteiger partial charge in [-0.2, -0.15) is 0 Å². The first-order chi connectivity index (χ1) is 12.2. The van der Waals surface area contributed by atoms with E-state index in [1.807, 2.05) is 66.9 Å². The summed E-state index contributed by atoms with van der Waals surface area (Å²) in [6.45, 7) is 2.07. The minimum Gasteiger partial charge on any atom is -0.346 e. The van der Waals surface area contributed by atoms with E-state index in [9.17, 15) is 9.59 Å². The number of hydrogen-bond donors (Lipinski definition) is 1. The molecule has 0 aliphatic heterocycles. The smallest absolute Gasteiger partial charge is 0.224 e. The van der Waals surface area contributed by atoms with Gasteiger partial charge in [0.2, 0.25) is 12.2 Å². The molecule has 2 aromatic carbocycles. The average Bonchev–Trinajstić information content (AvgIpc) is 2.66. The highest BCUT2D eigenvalue weighted by atomic mass is 16.2. The molecule has 0 aliphatic rings. The first-order valence-corrected chi connectivity index (χ1v) is 8.98. The van der Waals surface area contributed by atoms with E-state index in [0.29, 0.717) is 19.3 Å². The molecule has 1 atom stereocenters. The lowest BCUT2D eigenvalue weighted by Crippen LogP contribution is -2.41. The van der Waals surface area contributed by atoms with Crippen LogP contribution in [0.3, 0.4) is 0 Å². The van der Waals surface area contributed by atoms with Crippen LogP contribution in [0.15, 0.2) is 60.7 Å².